The van der Waals surface area contributed by atoms with Crippen molar-refractivity contribution in [3.05, 3.63) is 24.2 Å². The summed E-state index contributed by atoms with van der Waals surface area (Å²) in [6.45, 7) is 4.13. The predicted octanol–water partition coefficient (Wildman–Crippen LogP) is 2.89. The van der Waals surface area contributed by atoms with Gasteiger partial charge in [-0.3, -0.25) is 4.99 Å². The number of halogens is 1. The van der Waals surface area contributed by atoms with Crippen LogP contribution in [0, 0.1) is 0 Å². The summed E-state index contributed by atoms with van der Waals surface area (Å²) in [6, 6.07) is 3.91. The van der Waals surface area contributed by atoms with E-state index in [1.165, 1.54) is 18.6 Å². The lowest BCUT2D eigenvalue weighted by Gasteiger charge is -2.24. The monoisotopic (exact) mass is 409 g/mol. The van der Waals surface area contributed by atoms with E-state index in [9.17, 15) is 0 Å². The van der Waals surface area contributed by atoms with Crippen LogP contribution in [-0.2, 0) is 6.42 Å². The average Bonchev–Trinajstić information content (AvgIpc) is 3.06. The maximum absolute atomic E-state index is 5.30. The van der Waals surface area contributed by atoms with E-state index in [2.05, 4.69) is 34.3 Å². The first-order valence-corrected chi connectivity index (χ1v) is 7.81. The Labute approximate surface area is 142 Å². The molecule has 1 atom stereocenters. The molecule has 0 saturated carbocycles. The van der Waals surface area contributed by atoms with Crippen LogP contribution in [0.5, 0.6) is 0 Å². The average molecular weight is 409 g/mol. The van der Waals surface area contributed by atoms with Crippen molar-refractivity contribution in [3.8, 4) is 0 Å². The number of thioether (sulfide) groups is 1. The van der Waals surface area contributed by atoms with Gasteiger partial charge in [-0.25, -0.2) is 0 Å². The maximum Gasteiger partial charge on any atom is 0.191 e. The van der Waals surface area contributed by atoms with Crippen molar-refractivity contribution in [3.63, 3.8) is 0 Å². The van der Waals surface area contributed by atoms with Gasteiger partial charge < -0.3 is 15.1 Å². The lowest BCUT2D eigenvalue weighted by Crippen LogP contribution is -2.44. The number of nitrogens with zero attached hydrogens (tertiary/aromatic N) is 1. The van der Waals surface area contributed by atoms with E-state index >= 15 is 0 Å². The summed E-state index contributed by atoms with van der Waals surface area (Å²) in [5.41, 5.74) is 0. The Kier molecular flexibility index (Phi) is 7.79. The molecule has 0 amide bonds. The molecule has 1 aromatic heterocycles. The first-order valence-electron chi connectivity index (χ1n) is 6.83. The van der Waals surface area contributed by atoms with Crippen LogP contribution in [-0.4, -0.2) is 36.6 Å². The summed E-state index contributed by atoms with van der Waals surface area (Å²) in [5.74, 6) is 3.16. The van der Waals surface area contributed by atoms with Gasteiger partial charge in [-0.2, -0.15) is 11.8 Å². The molecular weight excluding hydrogens is 385 g/mol. The van der Waals surface area contributed by atoms with Crippen molar-refractivity contribution >= 4 is 41.7 Å². The van der Waals surface area contributed by atoms with Gasteiger partial charge in [0.05, 0.1) is 6.26 Å². The molecule has 6 heteroatoms. The molecule has 1 aliphatic rings. The number of nitrogens with one attached hydrogen (secondary N) is 2. The third-order valence-corrected chi connectivity index (χ3v) is 4.94. The molecule has 2 N–H and O–H groups in total. The molecule has 2 heterocycles. The van der Waals surface area contributed by atoms with Gasteiger partial charge in [0.1, 0.15) is 5.76 Å². The van der Waals surface area contributed by atoms with E-state index in [0.29, 0.717) is 4.75 Å². The van der Waals surface area contributed by atoms with E-state index in [-0.39, 0.29) is 24.0 Å². The van der Waals surface area contributed by atoms with Crippen LogP contribution in [0.2, 0.25) is 0 Å². The van der Waals surface area contributed by atoms with Crippen LogP contribution in [0.1, 0.15) is 25.5 Å². The zero-order valence-corrected chi connectivity index (χ0v) is 15.3. The Morgan fingerprint density at radius 2 is 2.35 bits per heavy atom. The number of hydrogen-bond donors (Lipinski definition) is 2. The maximum atomic E-state index is 5.30. The van der Waals surface area contributed by atoms with E-state index in [1.54, 1.807) is 6.26 Å². The Morgan fingerprint density at radius 3 is 2.95 bits per heavy atom. The first kappa shape index (κ1) is 17.7. The molecular formula is C14H24IN3OS. The number of aliphatic imine (C=N–C) groups is 1. The topological polar surface area (TPSA) is 49.6 Å². The number of hydrogen-bond acceptors (Lipinski definition) is 3. The third kappa shape index (κ3) is 5.55. The molecule has 20 heavy (non-hydrogen) atoms. The van der Waals surface area contributed by atoms with E-state index in [4.69, 9.17) is 4.42 Å². The van der Waals surface area contributed by atoms with E-state index in [0.717, 1.165) is 31.2 Å². The Balaban J connectivity index is 0.00000200. The Bertz CT molecular complexity index is 403. The SMILES string of the molecule is CN=C(NCCc1ccco1)NCC1(C)CCCS1.I. The highest BCUT2D eigenvalue weighted by Crippen LogP contribution is 2.36. The zero-order chi connectivity index (χ0) is 13.6. The van der Waals surface area contributed by atoms with Gasteiger partial charge in [0.25, 0.3) is 0 Å². The molecule has 0 bridgehead atoms. The summed E-state index contributed by atoms with van der Waals surface area (Å²) in [5, 5.41) is 6.74. The third-order valence-electron chi connectivity index (χ3n) is 3.40. The molecule has 1 fully saturated rings. The van der Waals surface area contributed by atoms with Gasteiger partial charge in [0.15, 0.2) is 5.96 Å². The fourth-order valence-corrected chi connectivity index (χ4v) is 3.47. The van der Waals surface area contributed by atoms with Crippen LogP contribution in [0.4, 0.5) is 0 Å². The summed E-state index contributed by atoms with van der Waals surface area (Å²) >= 11 is 2.06. The van der Waals surface area contributed by atoms with Crippen molar-refractivity contribution in [2.45, 2.75) is 30.9 Å². The highest BCUT2D eigenvalue weighted by Gasteiger charge is 2.29. The highest BCUT2D eigenvalue weighted by atomic mass is 127. The lowest BCUT2D eigenvalue weighted by atomic mass is 10.1. The fraction of sp³-hybridized carbons (Fsp3) is 0.643. The molecule has 2 rings (SSSR count). The molecule has 1 unspecified atom stereocenters. The van der Waals surface area contributed by atoms with Gasteiger partial charge in [-0.15, -0.1) is 24.0 Å². The lowest BCUT2D eigenvalue weighted by molar-refractivity contribution is 0.506. The first-order chi connectivity index (χ1) is 9.22. The molecule has 1 saturated heterocycles. The minimum absolute atomic E-state index is 0. The molecule has 114 valence electrons. The molecule has 1 aromatic rings. The largest absolute Gasteiger partial charge is 0.469 e. The van der Waals surface area contributed by atoms with Gasteiger partial charge >= 0.3 is 0 Å². The molecule has 0 spiro atoms. The number of guanidine groups is 1. The second-order valence-electron chi connectivity index (χ2n) is 5.08. The second kappa shape index (κ2) is 8.81. The van der Waals surface area contributed by atoms with Crippen LogP contribution >= 0.6 is 35.7 Å². The van der Waals surface area contributed by atoms with Gasteiger partial charge in [-0.1, -0.05) is 0 Å². The summed E-state index contributed by atoms with van der Waals surface area (Å²) in [7, 11) is 1.81. The molecule has 1 aliphatic heterocycles. The van der Waals surface area contributed by atoms with Crippen LogP contribution in [0.15, 0.2) is 27.8 Å². The van der Waals surface area contributed by atoms with Gasteiger partial charge in [0, 0.05) is 31.3 Å². The van der Waals surface area contributed by atoms with Gasteiger partial charge in [0.2, 0.25) is 0 Å². The molecule has 0 radical (unpaired) electrons. The Morgan fingerprint density at radius 1 is 1.50 bits per heavy atom. The van der Waals surface area contributed by atoms with E-state index < -0.39 is 0 Å². The smallest absolute Gasteiger partial charge is 0.191 e. The van der Waals surface area contributed by atoms with E-state index in [1.807, 2.05) is 19.2 Å². The molecule has 4 nitrogen and oxygen atoms in total. The normalized spacial score (nSPS) is 22.4. The minimum atomic E-state index is 0. The van der Waals surface area contributed by atoms with Crippen LogP contribution in [0.3, 0.4) is 0 Å². The summed E-state index contributed by atoms with van der Waals surface area (Å²) in [6.07, 6.45) is 5.20. The molecule has 0 aromatic carbocycles. The number of rotatable bonds is 5. The van der Waals surface area contributed by atoms with Crippen molar-refractivity contribution in [1.29, 1.82) is 0 Å². The minimum Gasteiger partial charge on any atom is -0.469 e. The van der Waals surface area contributed by atoms with Crippen molar-refractivity contribution in [1.82, 2.24) is 10.6 Å². The summed E-state index contributed by atoms with van der Waals surface area (Å²) in [4.78, 5) is 4.25. The van der Waals surface area contributed by atoms with Crippen molar-refractivity contribution in [2.75, 3.05) is 25.9 Å². The summed E-state index contributed by atoms with van der Waals surface area (Å²) < 4.78 is 5.66. The Hall–Kier alpha value is -0.370. The zero-order valence-electron chi connectivity index (χ0n) is 12.1. The van der Waals surface area contributed by atoms with Crippen LogP contribution < -0.4 is 10.6 Å². The van der Waals surface area contributed by atoms with Gasteiger partial charge in [-0.05, 0) is 37.7 Å². The van der Waals surface area contributed by atoms with Crippen molar-refractivity contribution in [2.24, 2.45) is 4.99 Å². The quantitative estimate of drug-likeness (QED) is 0.446. The van der Waals surface area contributed by atoms with Crippen molar-refractivity contribution < 1.29 is 4.42 Å². The second-order valence-corrected chi connectivity index (χ2v) is 6.77. The fourth-order valence-electron chi connectivity index (χ4n) is 2.23. The predicted molar refractivity (Wildman–Crippen MR) is 97.3 cm³/mol. The standard InChI is InChI=1S/C14H23N3OS.HI/c1-14(7-4-10-19-14)11-17-13(15-2)16-8-6-12-5-3-9-18-12;/h3,5,9H,4,6-8,10-11H2,1-2H3,(H2,15,16,17);1H. The number of furan rings is 1. The highest BCUT2D eigenvalue weighted by molar-refractivity contribution is 14.0. The van der Waals surface area contributed by atoms with Crippen LogP contribution in [0.25, 0.3) is 0 Å². The molecule has 0 aliphatic carbocycles.